The van der Waals surface area contributed by atoms with E-state index >= 15 is 0 Å². The fourth-order valence-corrected chi connectivity index (χ4v) is 5.10. The summed E-state index contributed by atoms with van der Waals surface area (Å²) in [5.41, 5.74) is 3.94. The molecule has 3 N–H and O–H groups in total. The fourth-order valence-electron chi connectivity index (χ4n) is 4.24. The van der Waals surface area contributed by atoms with Crippen LogP contribution in [0.2, 0.25) is 0 Å². The lowest BCUT2D eigenvalue weighted by Crippen LogP contribution is -2.30. The number of hydrogen-bond donors (Lipinski definition) is 3. The Morgan fingerprint density at radius 2 is 1.43 bits per heavy atom. The minimum absolute atomic E-state index is 0.0955. The molecule has 220 valence electrons. The highest BCUT2D eigenvalue weighted by Gasteiger charge is 2.18. The number of amides is 3. The molecule has 8 nitrogen and oxygen atoms in total. The Morgan fingerprint density at radius 1 is 0.795 bits per heavy atom. The third-order valence-corrected chi connectivity index (χ3v) is 7.64. The Hall–Kier alpha value is -5.41. The van der Waals surface area contributed by atoms with Crippen LogP contribution in [0.1, 0.15) is 28.6 Å². The van der Waals surface area contributed by atoms with Crippen molar-refractivity contribution in [2.75, 3.05) is 10.6 Å². The van der Waals surface area contributed by atoms with Gasteiger partial charge in [-0.2, -0.15) is 0 Å². The highest BCUT2D eigenvalue weighted by atomic mass is 32.2. The summed E-state index contributed by atoms with van der Waals surface area (Å²) in [4.78, 5) is 39.8. The summed E-state index contributed by atoms with van der Waals surface area (Å²) in [6, 6.07) is 35.2. The normalized spacial score (nSPS) is 11.8. The Bertz CT molecular complexity index is 1770. The van der Waals surface area contributed by atoms with E-state index in [1.807, 2.05) is 72.8 Å². The van der Waals surface area contributed by atoms with E-state index in [1.165, 1.54) is 11.8 Å². The summed E-state index contributed by atoms with van der Waals surface area (Å²) in [5.74, 6) is -0.100. The second-order valence-electron chi connectivity index (χ2n) is 9.92. The van der Waals surface area contributed by atoms with Gasteiger partial charge >= 0.3 is 0 Å². The molecular formula is C35H30N4O4S. The van der Waals surface area contributed by atoms with Crippen molar-refractivity contribution in [1.82, 2.24) is 10.5 Å². The molecule has 1 atom stereocenters. The molecule has 0 aliphatic carbocycles. The number of carbonyl (C=O) groups is 3. The van der Waals surface area contributed by atoms with Crippen LogP contribution in [-0.2, 0) is 9.59 Å². The number of carbonyl (C=O) groups excluding carboxylic acids is 3. The first-order valence-electron chi connectivity index (χ1n) is 13.9. The minimum atomic E-state index is -0.475. The average molecular weight is 603 g/mol. The molecule has 0 fully saturated rings. The maximum atomic E-state index is 13.4. The van der Waals surface area contributed by atoms with E-state index in [1.54, 1.807) is 62.4 Å². The molecule has 4 aromatic carbocycles. The van der Waals surface area contributed by atoms with E-state index in [9.17, 15) is 14.4 Å². The predicted molar refractivity (Wildman–Crippen MR) is 174 cm³/mol. The van der Waals surface area contributed by atoms with Crippen LogP contribution in [0, 0.1) is 6.92 Å². The molecule has 1 aromatic heterocycles. The summed E-state index contributed by atoms with van der Waals surface area (Å²) in [6.45, 7) is 3.54. The van der Waals surface area contributed by atoms with Crippen molar-refractivity contribution in [2.45, 2.75) is 24.0 Å². The van der Waals surface area contributed by atoms with Crippen LogP contribution >= 0.6 is 11.8 Å². The first-order chi connectivity index (χ1) is 21.3. The van der Waals surface area contributed by atoms with Crippen LogP contribution in [0.15, 0.2) is 130 Å². The Balaban J connectivity index is 1.28. The predicted octanol–water partition coefficient (Wildman–Crippen LogP) is 7.18. The molecule has 1 unspecified atom stereocenters. The lowest BCUT2D eigenvalue weighted by molar-refractivity contribution is -0.115. The largest absolute Gasteiger partial charge is 0.360 e. The lowest BCUT2D eigenvalue weighted by atomic mass is 10.0. The standard InChI is InChI=1S/C35H30N4O4S/c1-23-21-32(39-43-23)38-33(40)24(2)44-30-19-17-29(18-20-30)36-35(42)31(37-34(41)28-11-7-4-8-12-28)22-25-13-15-27(16-14-25)26-9-5-3-6-10-26/h3-22,24H,1-2H3,(H,36,42)(H,37,41)(H,38,39,40)/b31-22-. The zero-order chi connectivity index (χ0) is 30.9. The molecule has 0 radical (unpaired) electrons. The van der Waals surface area contributed by atoms with Crippen molar-refractivity contribution < 1.29 is 18.9 Å². The first-order valence-corrected chi connectivity index (χ1v) is 14.8. The number of nitrogens with zero attached hydrogens (tertiary/aromatic N) is 1. The molecule has 5 rings (SSSR count). The van der Waals surface area contributed by atoms with Crippen LogP contribution in [-0.4, -0.2) is 28.1 Å². The number of thioether (sulfide) groups is 1. The SMILES string of the molecule is Cc1cc(NC(=O)C(C)Sc2ccc(NC(=O)/C(=C/c3ccc(-c4ccccc4)cc3)NC(=O)c3ccccc3)cc2)no1. The van der Waals surface area contributed by atoms with E-state index in [2.05, 4.69) is 21.1 Å². The van der Waals surface area contributed by atoms with E-state index in [0.29, 0.717) is 22.8 Å². The van der Waals surface area contributed by atoms with Gasteiger partial charge in [0.2, 0.25) is 5.91 Å². The minimum Gasteiger partial charge on any atom is -0.360 e. The summed E-state index contributed by atoms with van der Waals surface area (Å²) >= 11 is 1.37. The molecule has 0 bridgehead atoms. The monoisotopic (exact) mass is 602 g/mol. The number of nitrogens with one attached hydrogen (secondary N) is 3. The molecule has 44 heavy (non-hydrogen) atoms. The van der Waals surface area contributed by atoms with E-state index in [0.717, 1.165) is 21.6 Å². The average Bonchev–Trinajstić information content (AvgIpc) is 3.46. The molecule has 0 spiro atoms. The number of anilines is 2. The zero-order valence-electron chi connectivity index (χ0n) is 24.1. The summed E-state index contributed by atoms with van der Waals surface area (Å²) in [6.07, 6.45) is 1.64. The van der Waals surface area contributed by atoms with Crippen LogP contribution in [0.4, 0.5) is 11.5 Å². The summed E-state index contributed by atoms with van der Waals surface area (Å²) < 4.78 is 4.99. The molecule has 0 aliphatic rings. The number of aromatic nitrogens is 1. The van der Waals surface area contributed by atoms with Gasteiger partial charge in [-0.05, 0) is 73.0 Å². The third-order valence-electron chi connectivity index (χ3n) is 6.53. The van der Waals surface area contributed by atoms with Gasteiger partial charge in [0.15, 0.2) is 5.82 Å². The third kappa shape index (κ3) is 8.11. The second-order valence-corrected chi connectivity index (χ2v) is 11.3. The highest BCUT2D eigenvalue weighted by molar-refractivity contribution is 8.00. The quantitative estimate of drug-likeness (QED) is 0.115. The zero-order valence-corrected chi connectivity index (χ0v) is 24.9. The maximum absolute atomic E-state index is 13.4. The van der Waals surface area contributed by atoms with E-state index in [4.69, 9.17) is 4.52 Å². The lowest BCUT2D eigenvalue weighted by Gasteiger charge is -2.13. The first kappa shape index (κ1) is 30.1. The highest BCUT2D eigenvalue weighted by Crippen LogP contribution is 2.26. The molecule has 0 aliphatic heterocycles. The van der Waals surface area contributed by atoms with Gasteiger partial charge < -0.3 is 20.5 Å². The number of aryl methyl sites for hydroxylation is 1. The van der Waals surface area contributed by atoms with Crippen LogP contribution in [0.5, 0.6) is 0 Å². The van der Waals surface area contributed by atoms with Crippen molar-refractivity contribution in [3.63, 3.8) is 0 Å². The van der Waals surface area contributed by atoms with Crippen LogP contribution < -0.4 is 16.0 Å². The van der Waals surface area contributed by atoms with Crippen molar-refractivity contribution in [3.05, 3.63) is 138 Å². The van der Waals surface area contributed by atoms with E-state index in [-0.39, 0.29) is 11.6 Å². The van der Waals surface area contributed by atoms with Crippen LogP contribution in [0.25, 0.3) is 17.2 Å². The van der Waals surface area contributed by atoms with Gasteiger partial charge in [-0.1, -0.05) is 78.0 Å². The van der Waals surface area contributed by atoms with Crippen molar-refractivity contribution >= 4 is 47.1 Å². The molecule has 9 heteroatoms. The fraction of sp³-hybridized carbons (Fsp3) is 0.0857. The van der Waals surface area contributed by atoms with Gasteiger partial charge in [-0.3, -0.25) is 14.4 Å². The van der Waals surface area contributed by atoms with E-state index < -0.39 is 17.1 Å². The number of benzene rings is 4. The molecule has 1 heterocycles. The summed E-state index contributed by atoms with van der Waals surface area (Å²) in [5, 5.41) is 11.8. The van der Waals surface area contributed by atoms with Crippen molar-refractivity contribution in [1.29, 1.82) is 0 Å². The Labute approximate surface area is 259 Å². The van der Waals surface area contributed by atoms with Gasteiger partial charge in [0.25, 0.3) is 11.8 Å². The topological polar surface area (TPSA) is 113 Å². The molecule has 5 aromatic rings. The van der Waals surface area contributed by atoms with Gasteiger partial charge in [-0.25, -0.2) is 0 Å². The molecular weight excluding hydrogens is 572 g/mol. The molecule has 0 saturated carbocycles. The Kier molecular flexibility index (Phi) is 9.68. The van der Waals surface area contributed by atoms with Gasteiger partial charge in [0, 0.05) is 22.2 Å². The Morgan fingerprint density at radius 3 is 2.07 bits per heavy atom. The molecule has 0 saturated heterocycles. The summed E-state index contributed by atoms with van der Waals surface area (Å²) in [7, 11) is 0. The van der Waals surface area contributed by atoms with Crippen molar-refractivity contribution in [3.8, 4) is 11.1 Å². The van der Waals surface area contributed by atoms with Crippen LogP contribution in [0.3, 0.4) is 0 Å². The van der Waals surface area contributed by atoms with Crippen molar-refractivity contribution in [2.24, 2.45) is 0 Å². The van der Waals surface area contributed by atoms with Gasteiger partial charge in [0.1, 0.15) is 11.5 Å². The van der Waals surface area contributed by atoms with Gasteiger partial charge in [-0.15, -0.1) is 11.8 Å². The smallest absolute Gasteiger partial charge is 0.272 e. The maximum Gasteiger partial charge on any atom is 0.272 e. The number of rotatable bonds is 10. The number of hydrogen-bond acceptors (Lipinski definition) is 6. The molecule has 3 amide bonds. The second kappa shape index (κ2) is 14.2. The van der Waals surface area contributed by atoms with Gasteiger partial charge in [0.05, 0.1) is 5.25 Å².